The SMILES string of the molecule is CCC1(C)NCN(CC(C)(C)C(C)C)C1=O. The average molecular weight is 226 g/mol. The Morgan fingerprint density at radius 1 is 1.50 bits per heavy atom. The number of rotatable bonds is 4. The van der Waals surface area contributed by atoms with E-state index in [2.05, 4.69) is 39.9 Å². The van der Waals surface area contributed by atoms with Crippen molar-refractivity contribution in [3.05, 3.63) is 0 Å². The first-order valence-corrected chi connectivity index (χ1v) is 6.27. The molecule has 0 aliphatic carbocycles. The normalized spacial score (nSPS) is 26.9. The number of hydrogen-bond donors (Lipinski definition) is 1. The number of nitrogens with one attached hydrogen (secondary N) is 1. The molecule has 1 fully saturated rings. The van der Waals surface area contributed by atoms with Crippen LogP contribution in [0.3, 0.4) is 0 Å². The Bertz CT molecular complexity index is 273. The summed E-state index contributed by atoms with van der Waals surface area (Å²) in [5.74, 6) is 0.831. The molecular formula is C13H26N2O. The van der Waals surface area contributed by atoms with Crippen molar-refractivity contribution in [1.82, 2.24) is 10.2 Å². The molecule has 16 heavy (non-hydrogen) atoms. The molecular weight excluding hydrogens is 200 g/mol. The standard InChI is InChI=1S/C13H26N2O/c1-7-13(6)11(16)15(9-14-13)8-12(4,5)10(2)3/h10,14H,7-9H2,1-6H3. The van der Waals surface area contributed by atoms with Crippen LogP contribution < -0.4 is 5.32 Å². The highest BCUT2D eigenvalue weighted by molar-refractivity contribution is 5.87. The van der Waals surface area contributed by atoms with Crippen LogP contribution in [0.5, 0.6) is 0 Å². The molecule has 0 radical (unpaired) electrons. The fourth-order valence-electron chi connectivity index (χ4n) is 1.84. The summed E-state index contributed by atoms with van der Waals surface area (Å²) in [4.78, 5) is 14.2. The predicted molar refractivity (Wildman–Crippen MR) is 67.0 cm³/mol. The summed E-state index contributed by atoms with van der Waals surface area (Å²) in [5.41, 5.74) is -0.163. The van der Waals surface area contributed by atoms with E-state index < -0.39 is 0 Å². The lowest BCUT2D eigenvalue weighted by atomic mass is 9.80. The van der Waals surface area contributed by atoms with Crippen molar-refractivity contribution in [3.8, 4) is 0 Å². The molecule has 0 saturated carbocycles. The monoisotopic (exact) mass is 226 g/mol. The predicted octanol–water partition coefficient (Wildman–Crippen LogP) is 2.23. The van der Waals surface area contributed by atoms with E-state index in [0.29, 0.717) is 12.6 Å². The van der Waals surface area contributed by atoms with Crippen LogP contribution in [0, 0.1) is 11.3 Å². The van der Waals surface area contributed by atoms with E-state index >= 15 is 0 Å². The van der Waals surface area contributed by atoms with Crippen molar-refractivity contribution in [2.45, 2.75) is 53.5 Å². The summed E-state index contributed by atoms with van der Waals surface area (Å²) < 4.78 is 0. The number of carbonyl (C=O) groups is 1. The summed E-state index contributed by atoms with van der Waals surface area (Å²) in [6.07, 6.45) is 0.852. The van der Waals surface area contributed by atoms with E-state index in [1.807, 2.05) is 11.8 Å². The van der Waals surface area contributed by atoms with Gasteiger partial charge in [-0.2, -0.15) is 0 Å². The maximum atomic E-state index is 12.2. The smallest absolute Gasteiger partial charge is 0.243 e. The third kappa shape index (κ3) is 2.40. The number of nitrogens with zero attached hydrogens (tertiary/aromatic N) is 1. The molecule has 1 N–H and O–H groups in total. The van der Waals surface area contributed by atoms with Gasteiger partial charge in [0.1, 0.15) is 0 Å². The van der Waals surface area contributed by atoms with Crippen LogP contribution in [-0.2, 0) is 4.79 Å². The maximum absolute atomic E-state index is 12.2. The van der Waals surface area contributed by atoms with E-state index in [1.165, 1.54) is 0 Å². The first-order chi connectivity index (χ1) is 7.23. The molecule has 94 valence electrons. The van der Waals surface area contributed by atoms with Gasteiger partial charge in [0.15, 0.2) is 0 Å². The Balaban J connectivity index is 2.69. The fraction of sp³-hybridized carbons (Fsp3) is 0.923. The zero-order valence-corrected chi connectivity index (χ0v) is 11.6. The minimum Gasteiger partial charge on any atom is -0.328 e. The van der Waals surface area contributed by atoms with Crippen LogP contribution in [0.1, 0.15) is 48.0 Å². The minimum atomic E-state index is -0.340. The highest BCUT2D eigenvalue weighted by atomic mass is 16.2. The Hall–Kier alpha value is -0.570. The van der Waals surface area contributed by atoms with Crippen molar-refractivity contribution in [2.24, 2.45) is 11.3 Å². The lowest BCUT2D eigenvalue weighted by Crippen LogP contribution is -2.44. The molecule has 1 aliphatic heterocycles. The molecule has 0 aromatic heterocycles. The fourth-order valence-corrected chi connectivity index (χ4v) is 1.84. The van der Waals surface area contributed by atoms with Crippen LogP contribution in [0.2, 0.25) is 0 Å². The molecule has 1 saturated heterocycles. The van der Waals surface area contributed by atoms with Gasteiger partial charge in [-0.3, -0.25) is 10.1 Å². The topological polar surface area (TPSA) is 32.3 Å². The zero-order chi connectivity index (χ0) is 12.6. The van der Waals surface area contributed by atoms with Gasteiger partial charge in [0, 0.05) is 6.54 Å². The first-order valence-electron chi connectivity index (χ1n) is 6.27. The third-order valence-electron chi connectivity index (χ3n) is 4.29. The first kappa shape index (κ1) is 13.5. The Morgan fingerprint density at radius 2 is 2.06 bits per heavy atom. The summed E-state index contributed by atoms with van der Waals surface area (Å²) in [6, 6.07) is 0. The summed E-state index contributed by atoms with van der Waals surface area (Å²) in [5, 5.41) is 3.32. The van der Waals surface area contributed by atoms with Crippen LogP contribution in [0.25, 0.3) is 0 Å². The molecule has 0 aromatic rings. The van der Waals surface area contributed by atoms with E-state index in [0.717, 1.165) is 13.0 Å². The van der Waals surface area contributed by atoms with E-state index in [4.69, 9.17) is 0 Å². The van der Waals surface area contributed by atoms with Gasteiger partial charge in [0.25, 0.3) is 0 Å². The maximum Gasteiger partial charge on any atom is 0.243 e. The van der Waals surface area contributed by atoms with Gasteiger partial charge in [-0.15, -0.1) is 0 Å². The quantitative estimate of drug-likeness (QED) is 0.797. The van der Waals surface area contributed by atoms with Crippen molar-refractivity contribution in [2.75, 3.05) is 13.2 Å². The van der Waals surface area contributed by atoms with Crippen molar-refractivity contribution in [1.29, 1.82) is 0 Å². The van der Waals surface area contributed by atoms with Crippen molar-refractivity contribution < 1.29 is 4.79 Å². The zero-order valence-electron chi connectivity index (χ0n) is 11.6. The molecule has 0 aromatic carbocycles. The number of hydrogen-bond acceptors (Lipinski definition) is 2. The highest BCUT2D eigenvalue weighted by Crippen LogP contribution is 2.29. The van der Waals surface area contributed by atoms with Crippen molar-refractivity contribution in [3.63, 3.8) is 0 Å². The van der Waals surface area contributed by atoms with Gasteiger partial charge in [-0.1, -0.05) is 34.6 Å². The molecule has 1 amide bonds. The van der Waals surface area contributed by atoms with Crippen molar-refractivity contribution >= 4 is 5.91 Å². The van der Waals surface area contributed by atoms with Crippen LogP contribution in [0.15, 0.2) is 0 Å². The van der Waals surface area contributed by atoms with E-state index in [-0.39, 0.29) is 16.9 Å². The largest absolute Gasteiger partial charge is 0.328 e. The molecule has 1 atom stereocenters. The molecule has 1 heterocycles. The number of carbonyl (C=O) groups excluding carboxylic acids is 1. The van der Waals surface area contributed by atoms with Crippen LogP contribution >= 0.6 is 0 Å². The number of amides is 1. The van der Waals surface area contributed by atoms with Crippen LogP contribution in [0.4, 0.5) is 0 Å². The Labute approximate surface area is 99.6 Å². The second-order valence-electron chi connectivity index (χ2n) is 6.17. The minimum absolute atomic E-state index is 0.177. The van der Waals surface area contributed by atoms with Gasteiger partial charge in [-0.25, -0.2) is 0 Å². The lowest BCUT2D eigenvalue weighted by Gasteiger charge is -2.34. The third-order valence-corrected chi connectivity index (χ3v) is 4.29. The molecule has 1 rings (SSSR count). The Kier molecular flexibility index (Phi) is 3.68. The average Bonchev–Trinajstić information content (AvgIpc) is 2.47. The van der Waals surface area contributed by atoms with Gasteiger partial charge in [0.05, 0.1) is 12.2 Å². The molecule has 0 spiro atoms. The second-order valence-corrected chi connectivity index (χ2v) is 6.17. The summed E-state index contributed by atoms with van der Waals surface area (Å²) >= 11 is 0. The van der Waals surface area contributed by atoms with E-state index in [1.54, 1.807) is 0 Å². The summed E-state index contributed by atoms with van der Waals surface area (Å²) in [6.45, 7) is 14.5. The summed E-state index contributed by atoms with van der Waals surface area (Å²) in [7, 11) is 0. The van der Waals surface area contributed by atoms with Gasteiger partial charge >= 0.3 is 0 Å². The van der Waals surface area contributed by atoms with Gasteiger partial charge in [0.2, 0.25) is 5.91 Å². The molecule has 1 aliphatic rings. The Morgan fingerprint density at radius 3 is 2.44 bits per heavy atom. The molecule has 3 nitrogen and oxygen atoms in total. The lowest BCUT2D eigenvalue weighted by molar-refractivity contribution is -0.133. The molecule has 0 bridgehead atoms. The van der Waals surface area contributed by atoms with Gasteiger partial charge in [-0.05, 0) is 24.7 Å². The van der Waals surface area contributed by atoms with Crippen LogP contribution in [-0.4, -0.2) is 29.6 Å². The second kappa shape index (κ2) is 4.36. The van der Waals surface area contributed by atoms with E-state index in [9.17, 15) is 4.79 Å². The molecule has 3 heteroatoms. The van der Waals surface area contributed by atoms with Gasteiger partial charge < -0.3 is 4.90 Å². The molecule has 1 unspecified atom stereocenters. The highest BCUT2D eigenvalue weighted by Gasteiger charge is 2.42.